The highest BCUT2D eigenvalue weighted by Crippen LogP contribution is 2.15. The molecule has 0 saturated carbocycles. The number of nitrogens with one attached hydrogen (secondary N) is 3. The Morgan fingerprint density at radius 3 is 2.27 bits per heavy atom. The minimum absolute atomic E-state index is 0.143. The van der Waals surface area contributed by atoms with Gasteiger partial charge in [0.25, 0.3) is 0 Å². The van der Waals surface area contributed by atoms with Gasteiger partial charge in [-0.3, -0.25) is 9.59 Å². The van der Waals surface area contributed by atoms with Crippen molar-refractivity contribution in [2.24, 2.45) is 0 Å². The van der Waals surface area contributed by atoms with Crippen LogP contribution in [0, 0.1) is 0 Å². The zero-order valence-corrected chi connectivity index (χ0v) is 14.7. The van der Waals surface area contributed by atoms with E-state index in [0.29, 0.717) is 23.5 Å². The molecule has 0 fully saturated rings. The van der Waals surface area contributed by atoms with Crippen LogP contribution in [0.25, 0.3) is 0 Å². The standard InChI is InChI=1S/C19H21N3O4/c1-13(23)21-17-8-4-6-15(12-17)20-10-9-18(24)22-16-7-3-5-14(11-16)19(25)26-2/h3-8,11-12,20H,9-10H2,1-2H3,(H,21,23)(H,22,24). The number of hydrogen-bond acceptors (Lipinski definition) is 5. The molecule has 7 nitrogen and oxygen atoms in total. The summed E-state index contributed by atoms with van der Waals surface area (Å²) in [7, 11) is 1.31. The molecule has 7 heteroatoms. The molecule has 0 saturated heterocycles. The van der Waals surface area contributed by atoms with Gasteiger partial charge in [0.05, 0.1) is 12.7 Å². The molecule has 0 atom stereocenters. The van der Waals surface area contributed by atoms with Crippen LogP contribution in [0.3, 0.4) is 0 Å². The van der Waals surface area contributed by atoms with Crippen molar-refractivity contribution >= 4 is 34.8 Å². The summed E-state index contributed by atoms with van der Waals surface area (Å²) in [6.45, 7) is 1.87. The number of benzene rings is 2. The molecule has 0 aliphatic rings. The fourth-order valence-electron chi connectivity index (χ4n) is 2.30. The van der Waals surface area contributed by atoms with E-state index in [9.17, 15) is 14.4 Å². The lowest BCUT2D eigenvalue weighted by molar-refractivity contribution is -0.116. The van der Waals surface area contributed by atoms with E-state index >= 15 is 0 Å². The Hall–Kier alpha value is -3.35. The van der Waals surface area contributed by atoms with Crippen molar-refractivity contribution < 1.29 is 19.1 Å². The van der Waals surface area contributed by atoms with Gasteiger partial charge in [0, 0.05) is 37.0 Å². The van der Waals surface area contributed by atoms with E-state index in [1.807, 2.05) is 12.1 Å². The van der Waals surface area contributed by atoms with Gasteiger partial charge in [-0.05, 0) is 36.4 Å². The number of carbonyl (C=O) groups is 3. The van der Waals surface area contributed by atoms with Crippen molar-refractivity contribution in [2.75, 3.05) is 29.6 Å². The molecule has 0 unspecified atom stereocenters. The van der Waals surface area contributed by atoms with Gasteiger partial charge in [0.2, 0.25) is 11.8 Å². The van der Waals surface area contributed by atoms with Crippen LogP contribution >= 0.6 is 0 Å². The molecular weight excluding hydrogens is 334 g/mol. The van der Waals surface area contributed by atoms with Crippen molar-refractivity contribution in [3.8, 4) is 0 Å². The van der Waals surface area contributed by atoms with Crippen LogP contribution in [0.2, 0.25) is 0 Å². The van der Waals surface area contributed by atoms with E-state index in [2.05, 4.69) is 20.7 Å². The highest BCUT2D eigenvalue weighted by atomic mass is 16.5. The Balaban J connectivity index is 1.84. The molecule has 0 aromatic heterocycles. The lowest BCUT2D eigenvalue weighted by atomic mass is 10.2. The molecule has 0 heterocycles. The number of amides is 2. The van der Waals surface area contributed by atoms with Crippen LogP contribution < -0.4 is 16.0 Å². The smallest absolute Gasteiger partial charge is 0.337 e. The SMILES string of the molecule is COC(=O)c1cccc(NC(=O)CCNc2cccc(NC(C)=O)c2)c1. The fourth-order valence-corrected chi connectivity index (χ4v) is 2.30. The third-order valence-electron chi connectivity index (χ3n) is 3.43. The van der Waals surface area contributed by atoms with Gasteiger partial charge in [-0.1, -0.05) is 12.1 Å². The first kappa shape index (κ1) is 19.0. The quantitative estimate of drug-likeness (QED) is 0.664. The molecule has 2 aromatic carbocycles. The van der Waals surface area contributed by atoms with Crippen LogP contribution in [0.5, 0.6) is 0 Å². The second-order valence-corrected chi connectivity index (χ2v) is 5.56. The van der Waals surface area contributed by atoms with Gasteiger partial charge in [0.15, 0.2) is 0 Å². The molecule has 0 radical (unpaired) electrons. The van der Waals surface area contributed by atoms with Crippen LogP contribution in [-0.2, 0) is 14.3 Å². The van der Waals surface area contributed by atoms with Crippen LogP contribution in [0.4, 0.5) is 17.1 Å². The average molecular weight is 355 g/mol. The van der Waals surface area contributed by atoms with Gasteiger partial charge in [-0.2, -0.15) is 0 Å². The number of methoxy groups -OCH3 is 1. The maximum atomic E-state index is 12.0. The van der Waals surface area contributed by atoms with Gasteiger partial charge in [0.1, 0.15) is 0 Å². The van der Waals surface area contributed by atoms with Crippen molar-refractivity contribution in [1.82, 2.24) is 0 Å². The average Bonchev–Trinajstić information content (AvgIpc) is 2.61. The summed E-state index contributed by atoms with van der Waals surface area (Å²) in [5.74, 6) is -0.782. The van der Waals surface area contributed by atoms with Gasteiger partial charge in [-0.15, -0.1) is 0 Å². The van der Waals surface area contributed by atoms with Crippen molar-refractivity contribution in [1.29, 1.82) is 0 Å². The predicted octanol–water partition coefficient (Wildman–Crippen LogP) is 2.87. The Morgan fingerprint density at radius 1 is 0.923 bits per heavy atom. The summed E-state index contributed by atoms with van der Waals surface area (Å²) in [6.07, 6.45) is 0.243. The summed E-state index contributed by atoms with van der Waals surface area (Å²) < 4.78 is 4.66. The topological polar surface area (TPSA) is 96.5 Å². The largest absolute Gasteiger partial charge is 0.465 e. The third kappa shape index (κ3) is 5.94. The summed E-state index contributed by atoms with van der Waals surface area (Å²) in [5, 5.41) is 8.57. The van der Waals surface area contributed by atoms with E-state index in [0.717, 1.165) is 5.69 Å². The number of esters is 1. The Morgan fingerprint density at radius 2 is 1.58 bits per heavy atom. The molecule has 2 rings (SSSR count). The minimum Gasteiger partial charge on any atom is -0.465 e. The van der Waals surface area contributed by atoms with E-state index in [-0.39, 0.29) is 18.2 Å². The molecule has 3 N–H and O–H groups in total. The van der Waals surface area contributed by atoms with E-state index in [1.165, 1.54) is 14.0 Å². The van der Waals surface area contributed by atoms with Gasteiger partial charge in [-0.25, -0.2) is 4.79 Å². The molecule has 2 aromatic rings. The normalized spacial score (nSPS) is 9.92. The van der Waals surface area contributed by atoms with Crippen LogP contribution in [0.15, 0.2) is 48.5 Å². The first-order valence-electron chi connectivity index (χ1n) is 8.07. The number of carbonyl (C=O) groups excluding carboxylic acids is 3. The first-order valence-corrected chi connectivity index (χ1v) is 8.07. The highest BCUT2D eigenvalue weighted by molar-refractivity contribution is 5.94. The lowest BCUT2D eigenvalue weighted by Gasteiger charge is -2.10. The van der Waals surface area contributed by atoms with Crippen LogP contribution in [-0.4, -0.2) is 31.4 Å². The lowest BCUT2D eigenvalue weighted by Crippen LogP contribution is -2.16. The summed E-state index contributed by atoms with van der Waals surface area (Å²) in [5.41, 5.74) is 2.40. The van der Waals surface area contributed by atoms with Crippen molar-refractivity contribution in [3.63, 3.8) is 0 Å². The third-order valence-corrected chi connectivity index (χ3v) is 3.43. The Kier molecular flexibility index (Phi) is 6.73. The minimum atomic E-state index is -0.457. The van der Waals surface area contributed by atoms with E-state index in [4.69, 9.17) is 0 Å². The molecule has 0 bridgehead atoms. The summed E-state index contributed by atoms with van der Waals surface area (Å²) in [4.78, 5) is 34.6. The Labute approximate surface area is 151 Å². The van der Waals surface area contributed by atoms with E-state index in [1.54, 1.807) is 36.4 Å². The number of hydrogen-bond donors (Lipinski definition) is 3. The zero-order valence-electron chi connectivity index (χ0n) is 14.7. The molecule has 136 valence electrons. The second-order valence-electron chi connectivity index (χ2n) is 5.56. The summed E-state index contributed by atoms with van der Waals surface area (Å²) >= 11 is 0. The van der Waals surface area contributed by atoms with Gasteiger partial charge >= 0.3 is 5.97 Å². The predicted molar refractivity (Wildman–Crippen MR) is 100 cm³/mol. The number of rotatable bonds is 7. The zero-order chi connectivity index (χ0) is 18.9. The van der Waals surface area contributed by atoms with Gasteiger partial charge < -0.3 is 20.7 Å². The molecule has 0 aliphatic carbocycles. The fraction of sp³-hybridized carbons (Fsp3) is 0.211. The maximum Gasteiger partial charge on any atom is 0.337 e. The van der Waals surface area contributed by atoms with Crippen molar-refractivity contribution in [2.45, 2.75) is 13.3 Å². The molecule has 2 amide bonds. The highest BCUT2D eigenvalue weighted by Gasteiger charge is 2.08. The maximum absolute atomic E-state index is 12.0. The second kappa shape index (κ2) is 9.22. The Bertz CT molecular complexity index is 805. The molecular formula is C19H21N3O4. The molecule has 0 aliphatic heterocycles. The monoisotopic (exact) mass is 355 g/mol. The van der Waals surface area contributed by atoms with Crippen molar-refractivity contribution in [3.05, 3.63) is 54.1 Å². The van der Waals surface area contributed by atoms with E-state index < -0.39 is 5.97 Å². The number of anilines is 3. The molecule has 0 spiro atoms. The molecule has 26 heavy (non-hydrogen) atoms. The summed E-state index contributed by atoms with van der Waals surface area (Å²) in [6, 6.07) is 13.8. The van der Waals surface area contributed by atoms with Crippen LogP contribution in [0.1, 0.15) is 23.7 Å². The first-order chi connectivity index (χ1) is 12.5. The number of ether oxygens (including phenoxy) is 1.